The third-order valence-electron chi connectivity index (χ3n) is 3.60. The van der Waals surface area contributed by atoms with E-state index in [1.54, 1.807) is 18.9 Å². The quantitative estimate of drug-likeness (QED) is 0.855. The first kappa shape index (κ1) is 13.8. The maximum atomic E-state index is 6.03. The minimum absolute atomic E-state index is 0.172. The summed E-state index contributed by atoms with van der Waals surface area (Å²) in [5.41, 5.74) is 5.68. The minimum Gasteiger partial charge on any atom is -0.370 e. The van der Waals surface area contributed by atoms with Crippen LogP contribution in [0.5, 0.6) is 0 Å². The number of hydrogen-bond donors (Lipinski definition) is 1. The lowest BCUT2D eigenvalue weighted by Crippen LogP contribution is -2.26. The predicted molar refractivity (Wildman–Crippen MR) is 71.4 cm³/mol. The third-order valence-corrected chi connectivity index (χ3v) is 4.25. The van der Waals surface area contributed by atoms with Crippen LogP contribution in [0.15, 0.2) is 4.52 Å². The lowest BCUT2D eigenvalue weighted by atomic mass is 10.0. The van der Waals surface area contributed by atoms with E-state index in [1.807, 2.05) is 0 Å². The normalized spacial score (nSPS) is 20.2. The molecule has 1 saturated carbocycles. The van der Waals surface area contributed by atoms with Crippen LogP contribution in [0.3, 0.4) is 0 Å². The fraction of sp³-hybridized carbons (Fsp3) is 0.833. The van der Waals surface area contributed by atoms with Crippen molar-refractivity contribution in [3.8, 4) is 0 Å². The molecule has 6 heteroatoms. The predicted octanol–water partition coefficient (Wildman–Crippen LogP) is 2.24. The minimum atomic E-state index is -0.346. The molecule has 1 fully saturated rings. The lowest BCUT2D eigenvalue weighted by molar-refractivity contribution is -0.0178. The van der Waals surface area contributed by atoms with Crippen LogP contribution >= 0.6 is 11.8 Å². The first-order chi connectivity index (χ1) is 8.72. The van der Waals surface area contributed by atoms with Crippen LogP contribution in [0.4, 0.5) is 0 Å². The average Bonchev–Trinajstić information content (AvgIpc) is 3.04. The number of nitrogens with two attached hydrogens (primary N) is 1. The summed E-state index contributed by atoms with van der Waals surface area (Å²) in [7, 11) is 1.72. The van der Waals surface area contributed by atoms with E-state index in [-0.39, 0.29) is 11.6 Å². The highest BCUT2D eigenvalue weighted by Gasteiger charge is 2.40. The van der Waals surface area contributed by atoms with Crippen LogP contribution in [0, 0.1) is 0 Å². The molecule has 1 atom stereocenters. The topological polar surface area (TPSA) is 74.2 Å². The zero-order chi connectivity index (χ0) is 13.0. The Morgan fingerprint density at radius 3 is 2.83 bits per heavy atom. The fourth-order valence-corrected chi connectivity index (χ4v) is 2.89. The fourth-order valence-electron chi connectivity index (χ4n) is 2.40. The molecule has 0 bridgehead atoms. The van der Waals surface area contributed by atoms with E-state index in [0.29, 0.717) is 11.7 Å². The van der Waals surface area contributed by atoms with Gasteiger partial charge in [0.05, 0.1) is 6.04 Å². The number of nitrogens with zero attached hydrogens (tertiary/aromatic N) is 2. The van der Waals surface area contributed by atoms with Crippen LogP contribution in [0.25, 0.3) is 0 Å². The summed E-state index contributed by atoms with van der Waals surface area (Å²) in [4.78, 5) is 4.45. The Morgan fingerprint density at radius 1 is 1.50 bits per heavy atom. The molecule has 2 N–H and O–H groups in total. The van der Waals surface area contributed by atoms with E-state index in [9.17, 15) is 0 Å². The van der Waals surface area contributed by atoms with Crippen molar-refractivity contribution < 1.29 is 9.26 Å². The number of ether oxygens (including phenoxy) is 1. The molecule has 0 radical (unpaired) electrons. The summed E-state index contributed by atoms with van der Waals surface area (Å²) in [5, 5.41) is 4.07. The van der Waals surface area contributed by atoms with E-state index in [4.69, 9.17) is 15.0 Å². The molecule has 1 aromatic heterocycles. The summed E-state index contributed by atoms with van der Waals surface area (Å²) in [6, 6.07) is -0.172. The van der Waals surface area contributed by atoms with Gasteiger partial charge in [-0.15, -0.1) is 0 Å². The first-order valence-corrected chi connectivity index (χ1v) is 7.75. The Morgan fingerprint density at radius 2 is 2.22 bits per heavy atom. The van der Waals surface area contributed by atoms with E-state index in [0.717, 1.165) is 37.9 Å². The molecule has 5 nitrogen and oxygen atoms in total. The highest BCUT2D eigenvalue weighted by molar-refractivity contribution is 7.98. The molecule has 102 valence electrons. The molecule has 18 heavy (non-hydrogen) atoms. The SMILES string of the molecule is COC1(c2noc([C@@H](N)CCSC)n2)CCCC1. The van der Waals surface area contributed by atoms with Gasteiger partial charge in [-0.2, -0.15) is 16.7 Å². The summed E-state index contributed by atoms with van der Waals surface area (Å²) < 4.78 is 10.9. The van der Waals surface area contributed by atoms with Crippen LogP contribution in [0.1, 0.15) is 49.9 Å². The van der Waals surface area contributed by atoms with Gasteiger partial charge in [-0.05, 0) is 44.1 Å². The molecule has 0 aromatic carbocycles. The molecule has 1 aliphatic rings. The molecule has 0 aliphatic heterocycles. The van der Waals surface area contributed by atoms with Gasteiger partial charge in [0.1, 0.15) is 5.60 Å². The Bertz CT molecular complexity index is 377. The van der Waals surface area contributed by atoms with Crippen molar-refractivity contribution in [2.75, 3.05) is 19.1 Å². The molecular formula is C12H21N3O2S. The lowest BCUT2D eigenvalue weighted by Gasteiger charge is -2.22. The van der Waals surface area contributed by atoms with Crippen molar-refractivity contribution in [3.05, 3.63) is 11.7 Å². The number of aromatic nitrogens is 2. The van der Waals surface area contributed by atoms with Gasteiger partial charge in [-0.25, -0.2) is 0 Å². The largest absolute Gasteiger partial charge is 0.370 e. The van der Waals surface area contributed by atoms with Crippen LogP contribution in [0.2, 0.25) is 0 Å². The van der Waals surface area contributed by atoms with Crippen molar-refractivity contribution in [1.82, 2.24) is 10.1 Å². The van der Waals surface area contributed by atoms with Gasteiger partial charge in [0.25, 0.3) is 0 Å². The summed E-state index contributed by atoms with van der Waals surface area (Å²) in [6.45, 7) is 0. The van der Waals surface area contributed by atoms with Crippen molar-refractivity contribution in [1.29, 1.82) is 0 Å². The Kier molecular flexibility index (Phi) is 4.64. The smallest absolute Gasteiger partial charge is 0.243 e. The van der Waals surface area contributed by atoms with Gasteiger partial charge in [-0.1, -0.05) is 5.16 Å². The Balaban J connectivity index is 2.09. The molecule has 0 unspecified atom stereocenters. The zero-order valence-corrected chi connectivity index (χ0v) is 11.8. The van der Waals surface area contributed by atoms with Crippen LogP contribution in [-0.4, -0.2) is 29.3 Å². The van der Waals surface area contributed by atoms with Gasteiger partial charge in [-0.3, -0.25) is 0 Å². The Labute approximate surface area is 112 Å². The highest BCUT2D eigenvalue weighted by Crippen LogP contribution is 2.40. The zero-order valence-electron chi connectivity index (χ0n) is 11.0. The van der Waals surface area contributed by atoms with Crippen molar-refractivity contribution in [2.45, 2.75) is 43.7 Å². The second-order valence-electron chi connectivity index (χ2n) is 4.75. The second-order valence-corrected chi connectivity index (χ2v) is 5.74. The van der Waals surface area contributed by atoms with Crippen molar-refractivity contribution >= 4 is 11.8 Å². The second kappa shape index (κ2) is 6.04. The third kappa shape index (κ3) is 2.70. The van der Waals surface area contributed by atoms with Crippen molar-refractivity contribution in [3.63, 3.8) is 0 Å². The van der Waals surface area contributed by atoms with Gasteiger partial charge < -0.3 is 15.0 Å². The number of rotatable bonds is 6. The van der Waals surface area contributed by atoms with E-state index in [1.165, 1.54) is 0 Å². The molecule has 2 rings (SSSR count). The van der Waals surface area contributed by atoms with Crippen LogP contribution in [-0.2, 0) is 10.3 Å². The standard InChI is InChI=1S/C12H21N3O2S/c1-16-12(6-3-4-7-12)11-14-10(17-15-11)9(13)5-8-18-2/h9H,3-8,13H2,1-2H3/t9-/m0/s1. The van der Waals surface area contributed by atoms with E-state index < -0.39 is 0 Å². The molecule has 1 aromatic rings. The molecular weight excluding hydrogens is 250 g/mol. The molecule has 0 spiro atoms. The van der Waals surface area contributed by atoms with Gasteiger partial charge in [0.15, 0.2) is 0 Å². The molecule has 1 heterocycles. The maximum Gasteiger partial charge on any atom is 0.243 e. The highest BCUT2D eigenvalue weighted by atomic mass is 32.2. The first-order valence-electron chi connectivity index (χ1n) is 6.35. The monoisotopic (exact) mass is 271 g/mol. The number of hydrogen-bond acceptors (Lipinski definition) is 6. The van der Waals surface area contributed by atoms with Crippen molar-refractivity contribution in [2.24, 2.45) is 5.73 Å². The van der Waals surface area contributed by atoms with Gasteiger partial charge in [0.2, 0.25) is 11.7 Å². The molecule has 0 saturated heterocycles. The summed E-state index contributed by atoms with van der Waals surface area (Å²) in [6.07, 6.45) is 7.13. The maximum absolute atomic E-state index is 6.03. The molecule has 0 amide bonds. The number of thioether (sulfide) groups is 1. The molecule has 1 aliphatic carbocycles. The Hall–Kier alpha value is -0.590. The summed E-state index contributed by atoms with van der Waals surface area (Å²) in [5.74, 6) is 2.19. The summed E-state index contributed by atoms with van der Waals surface area (Å²) >= 11 is 1.77. The van der Waals surface area contributed by atoms with Gasteiger partial charge >= 0.3 is 0 Å². The number of methoxy groups -OCH3 is 1. The van der Waals surface area contributed by atoms with E-state index in [2.05, 4.69) is 16.4 Å². The van der Waals surface area contributed by atoms with Crippen LogP contribution < -0.4 is 5.73 Å². The van der Waals surface area contributed by atoms with E-state index >= 15 is 0 Å². The van der Waals surface area contributed by atoms with Gasteiger partial charge in [0, 0.05) is 7.11 Å². The average molecular weight is 271 g/mol.